The van der Waals surface area contributed by atoms with Crippen molar-refractivity contribution in [3.63, 3.8) is 0 Å². The van der Waals surface area contributed by atoms with Gasteiger partial charge in [-0.25, -0.2) is 9.97 Å². The predicted octanol–water partition coefficient (Wildman–Crippen LogP) is 1.39. The summed E-state index contributed by atoms with van der Waals surface area (Å²) in [5.74, 6) is -0.509. The summed E-state index contributed by atoms with van der Waals surface area (Å²) in [5.41, 5.74) is 1.11. The van der Waals surface area contributed by atoms with Crippen molar-refractivity contribution >= 4 is 11.6 Å². The maximum Gasteiger partial charge on any atom is 0.201 e. The van der Waals surface area contributed by atoms with Crippen molar-refractivity contribution in [2.45, 2.75) is 20.3 Å². The lowest BCUT2D eigenvalue weighted by Gasteiger charge is -2.10. The molecule has 1 aromatic rings. The largest absolute Gasteiger partial charge is 0.383 e. The minimum atomic E-state index is -0.325. The molecule has 0 amide bonds. The van der Waals surface area contributed by atoms with Gasteiger partial charge in [-0.15, -0.1) is 0 Å². The maximum atomic E-state index is 12.3. The van der Waals surface area contributed by atoms with Crippen molar-refractivity contribution in [3.05, 3.63) is 35.6 Å². The van der Waals surface area contributed by atoms with Crippen LogP contribution in [0, 0.1) is 6.92 Å². The summed E-state index contributed by atoms with van der Waals surface area (Å²) < 4.78 is 0. The normalized spacial score (nSPS) is 11.2. The average molecular weight is 247 g/mol. The molecule has 0 radical (unpaired) electrons. The first kappa shape index (κ1) is 14.0. The number of hydrogen-bond acceptors (Lipinski definition) is 5. The van der Waals surface area contributed by atoms with Gasteiger partial charge in [0.2, 0.25) is 5.78 Å². The van der Waals surface area contributed by atoms with Gasteiger partial charge in [0.05, 0.1) is 16.8 Å². The van der Waals surface area contributed by atoms with Crippen LogP contribution in [0.5, 0.6) is 0 Å². The Morgan fingerprint density at radius 2 is 2.06 bits per heavy atom. The maximum absolute atomic E-state index is 12.3. The Balaban J connectivity index is 3.20. The van der Waals surface area contributed by atoms with Gasteiger partial charge >= 0.3 is 0 Å². The van der Waals surface area contributed by atoms with E-state index in [0.717, 1.165) is 0 Å². The molecular formula is C13H17N3O2. The second-order valence-electron chi connectivity index (χ2n) is 4.13. The van der Waals surface area contributed by atoms with Gasteiger partial charge < -0.3 is 4.90 Å². The summed E-state index contributed by atoms with van der Waals surface area (Å²) >= 11 is 0. The summed E-state index contributed by atoms with van der Waals surface area (Å²) in [6, 6.07) is 0. The minimum absolute atomic E-state index is 0.167. The highest BCUT2D eigenvalue weighted by Crippen LogP contribution is 2.13. The number of hydrogen-bond donors (Lipinski definition) is 0. The second kappa shape index (κ2) is 6.05. The number of allylic oxidation sites excluding steroid dienone is 1. The van der Waals surface area contributed by atoms with Crippen LogP contribution in [0.4, 0.5) is 0 Å². The molecule has 5 heteroatoms. The van der Waals surface area contributed by atoms with Crippen molar-refractivity contribution in [3.8, 4) is 0 Å². The number of ketones is 2. The summed E-state index contributed by atoms with van der Waals surface area (Å²) in [6.07, 6.45) is 4.65. The molecule has 0 aliphatic carbocycles. The average Bonchev–Trinajstić information content (AvgIpc) is 2.34. The van der Waals surface area contributed by atoms with Gasteiger partial charge in [-0.1, -0.05) is 6.92 Å². The van der Waals surface area contributed by atoms with Gasteiger partial charge in [-0.3, -0.25) is 9.59 Å². The van der Waals surface area contributed by atoms with E-state index in [1.54, 1.807) is 39.0 Å². The molecule has 0 bridgehead atoms. The monoisotopic (exact) mass is 247 g/mol. The molecule has 0 saturated heterocycles. The van der Waals surface area contributed by atoms with Crippen molar-refractivity contribution in [1.29, 1.82) is 0 Å². The summed E-state index contributed by atoms with van der Waals surface area (Å²) in [5, 5.41) is 0. The van der Waals surface area contributed by atoms with Gasteiger partial charge in [-0.05, 0) is 6.92 Å². The number of Topliss-reactive ketones (excluding diaryl/α,β-unsaturated/α-hetero) is 2. The zero-order chi connectivity index (χ0) is 13.7. The van der Waals surface area contributed by atoms with E-state index in [1.165, 1.54) is 12.5 Å². The van der Waals surface area contributed by atoms with Crippen LogP contribution in [0.2, 0.25) is 0 Å². The zero-order valence-electron chi connectivity index (χ0n) is 11.1. The molecule has 0 aliphatic heterocycles. The summed E-state index contributed by atoms with van der Waals surface area (Å²) in [4.78, 5) is 33.6. The molecule has 18 heavy (non-hydrogen) atoms. The zero-order valence-corrected chi connectivity index (χ0v) is 11.1. The Morgan fingerprint density at radius 3 is 2.56 bits per heavy atom. The highest BCUT2D eigenvalue weighted by Gasteiger charge is 2.20. The number of aromatic nitrogens is 2. The summed E-state index contributed by atoms with van der Waals surface area (Å²) in [6.45, 7) is 3.45. The van der Waals surface area contributed by atoms with Gasteiger partial charge in [0, 0.05) is 32.9 Å². The molecule has 96 valence electrons. The second-order valence-corrected chi connectivity index (χ2v) is 4.13. The van der Waals surface area contributed by atoms with E-state index in [0.29, 0.717) is 11.3 Å². The van der Waals surface area contributed by atoms with Crippen LogP contribution in [-0.4, -0.2) is 40.5 Å². The first-order valence-corrected chi connectivity index (χ1v) is 5.70. The quantitative estimate of drug-likeness (QED) is 0.340. The molecule has 0 N–H and O–H groups in total. The third-order valence-electron chi connectivity index (χ3n) is 2.41. The molecule has 0 atom stereocenters. The Labute approximate surface area is 107 Å². The first-order valence-electron chi connectivity index (χ1n) is 5.70. The fourth-order valence-corrected chi connectivity index (χ4v) is 1.46. The van der Waals surface area contributed by atoms with E-state index in [1.807, 2.05) is 0 Å². The third-order valence-corrected chi connectivity index (χ3v) is 2.41. The fourth-order valence-electron chi connectivity index (χ4n) is 1.46. The smallest absolute Gasteiger partial charge is 0.201 e. The van der Waals surface area contributed by atoms with Crippen LogP contribution >= 0.6 is 0 Å². The molecule has 1 heterocycles. The standard InChI is InChI=1S/C13H17N3O2/c1-5-12(17)11(7-16(3)4)13(18)10-6-14-8-15-9(10)2/h6-8H,5H2,1-4H3/b11-7+. The van der Waals surface area contributed by atoms with Gasteiger partial charge in [0.25, 0.3) is 0 Å². The fraction of sp³-hybridized carbons (Fsp3) is 0.385. The van der Waals surface area contributed by atoms with E-state index < -0.39 is 0 Å². The summed E-state index contributed by atoms with van der Waals surface area (Å²) in [7, 11) is 3.54. The highest BCUT2D eigenvalue weighted by molar-refractivity contribution is 6.26. The molecule has 1 aromatic heterocycles. The van der Waals surface area contributed by atoms with E-state index in [2.05, 4.69) is 9.97 Å². The first-order chi connectivity index (χ1) is 8.47. The van der Waals surface area contributed by atoms with Crippen LogP contribution in [0.15, 0.2) is 24.3 Å². The van der Waals surface area contributed by atoms with Gasteiger partial charge in [0.1, 0.15) is 6.33 Å². The van der Waals surface area contributed by atoms with E-state index >= 15 is 0 Å². The predicted molar refractivity (Wildman–Crippen MR) is 68.2 cm³/mol. The molecule has 5 nitrogen and oxygen atoms in total. The Bertz CT molecular complexity index is 493. The highest BCUT2D eigenvalue weighted by atomic mass is 16.1. The molecule has 0 fully saturated rings. The van der Waals surface area contributed by atoms with E-state index in [4.69, 9.17) is 0 Å². The minimum Gasteiger partial charge on any atom is -0.383 e. The topological polar surface area (TPSA) is 63.2 Å². The van der Waals surface area contributed by atoms with E-state index in [9.17, 15) is 9.59 Å². The van der Waals surface area contributed by atoms with Crippen LogP contribution in [0.1, 0.15) is 29.4 Å². The molecule has 1 rings (SSSR count). The lowest BCUT2D eigenvalue weighted by molar-refractivity contribution is -0.115. The third kappa shape index (κ3) is 3.23. The SMILES string of the molecule is CCC(=O)/C(=C\N(C)C)C(=O)c1cncnc1C. The van der Waals surface area contributed by atoms with Crippen molar-refractivity contribution in [1.82, 2.24) is 14.9 Å². The van der Waals surface area contributed by atoms with Crippen LogP contribution < -0.4 is 0 Å². The number of carbonyl (C=O) groups is 2. The number of nitrogens with zero attached hydrogens (tertiary/aromatic N) is 3. The number of aryl methyl sites for hydroxylation is 1. The van der Waals surface area contributed by atoms with Crippen LogP contribution in [0.25, 0.3) is 0 Å². The van der Waals surface area contributed by atoms with Crippen molar-refractivity contribution in [2.24, 2.45) is 0 Å². The Kier molecular flexibility index (Phi) is 4.71. The van der Waals surface area contributed by atoms with Gasteiger partial charge in [-0.2, -0.15) is 0 Å². The van der Waals surface area contributed by atoms with Crippen molar-refractivity contribution < 1.29 is 9.59 Å². The van der Waals surface area contributed by atoms with Crippen LogP contribution in [0.3, 0.4) is 0 Å². The van der Waals surface area contributed by atoms with Crippen LogP contribution in [-0.2, 0) is 4.79 Å². The van der Waals surface area contributed by atoms with E-state index in [-0.39, 0.29) is 23.6 Å². The molecule has 0 saturated carbocycles. The Hall–Kier alpha value is -2.04. The number of rotatable bonds is 5. The van der Waals surface area contributed by atoms with Gasteiger partial charge in [0.15, 0.2) is 5.78 Å². The molecule has 0 unspecified atom stereocenters. The lowest BCUT2D eigenvalue weighted by atomic mass is 9.99. The molecule has 0 aromatic carbocycles. The lowest BCUT2D eigenvalue weighted by Crippen LogP contribution is -2.18. The molecule has 0 aliphatic rings. The molecular weight excluding hydrogens is 230 g/mol. The Morgan fingerprint density at radius 1 is 1.39 bits per heavy atom. The van der Waals surface area contributed by atoms with Crippen molar-refractivity contribution in [2.75, 3.05) is 14.1 Å². The number of carbonyl (C=O) groups excluding carboxylic acids is 2. The molecule has 0 spiro atoms.